The minimum Gasteiger partial charge on any atom is -0.374 e. The van der Waals surface area contributed by atoms with Gasteiger partial charge in [-0.2, -0.15) is 0 Å². The lowest BCUT2D eigenvalue weighted by Gasteiger charge is -2.39. The lowest BCUT2D eigenvalue weighted by atomic mass is 10.0. The molecule has 4 atom stereocenters. The molecule has 0 N–H and O–H groups in total. The number of carbonyl (C=O) groups excluding carboxylic acids is 1. The molecule has 1 aliphatic heterocycles. The smallest absolute Gasteiger partial charge is 0.196 e. The van der Waals surface area contributed by atoms with E-state index in [1.54, 1.807) is 0 Å². The summed E-state index contributed by atoms with van der Waals surface area (Å²) < 4.78 is 25.1. The number of thioether (sulfide) groups is 1. The highest BCUT2D eigenvalue weighted by Gasteiger charge is 2.47. The Labute approximate surface area is 234 Å². The van der Waals surface area contributed by atoms with Crippen molar-refractivity contribution >= 4 is 17.5 Å². The van der Waals surface area contributed by atoms with Gasteiger partial charge in [0.25, 0.3) is 0 Å². The molecule has 5 nitrogen and oxygen atoms in total. The SMILES string of the molecule is O=C1[C@@H](OCc2ccccc2)[C@@H](COCc2ccccc2)O[C@@H](Sc2ccccc2)[C@@H]1OCc1ccccc1. The number of benzene rings is 4. The van der Waals surface area contributed by atoms with Crippen molar-refractivity contribution < 1.29 is 23.7 Å². The van der Waals surface area contributed by atoms with Crippen LogP contribution in [0.4, 0.5) is 0 Å². The van der Waals surface area contributed by atoms with E-state index in [4.69, 9.17) is 18.9 Å². The normalized spacial score (nSPS) is 21.1. The largest absolute Gasteiger partial charge is 0.374 e. The summed E-state index contributed by atoms with van der Waals surface area (Å²) in [4.78, 5) is 15.0. The second-order valence-corrected chi connectivity index (χ2v) is 10.5. The maximum atomic E-state index is 14.0. The highest BCUT2D eigenvalue weighted by atomic mass is 32.2. The number of hydrogen-bond donors (Lipinski definition) is 0. The van der Waals surface area contributed by atoms with Crippen LogP contribution < -0.4 is 0 Å². The van der Waals surface area contributed by atoms with Gasteiger partial charge in [0.15, 0.2) is 11.9 Å². The lowest BCUT2D eigenvalue weighted by molar-refractivity contribution is -0.194. The molecule has 5 rings (SSSR count). The van der Waals surface area contributed by atoms with Crippen molar-refractivity contribution in [3.63, 3.8) is 0 Å². The van der Waals surface area contributed by atoms with Gasteiger partial charge in [-0.25, -0.2) is 0 Å². The first kappa shape index (κ1) is 27.3. The van der Waals surface area contributed by atoms with Crippen LogP contribution in [-0.2, 0) is 43.6 Å². The van der Waals surface area contributed by atoms with Crippen molar-refractivity contribution in [2.24, 2.45) is 0 Å². The molecule has 4 aromatic carbocycles. The minimum atomic E-state index is -0.825. The van der Waals surface area contributed by atoms with Crippen LogP contribution in [-0.4, -0.2) is 36.1 Å². The number of ether oxygens (including phenoxy) is 4. The molecule has 0 saturated carbocycles. The zero-order chi connectivity index (χ0) is 26.7. The van der Waals surface area contributed by atoms with Crippen molar-refractivity contribution in [2.75, 3.05) is 6.61 Å². The average Bonchev–Trinajstić information content (AvgIpc) is 2.99. The second kappa shape index (κ2) is 14.2. The molecule has 0 bridgehead atoms. The topological polar surface area (TPSA) is 54.0 Å². The van der Waals surface area contributed by atoms with Crippen LogP contribution >= 0.6 is 11.8 Å². The molecule has 6 heteroatoms. The molecule has 1 fully saturated rings. The monoisotopic (exact) mass is 540 g/mol. The van der Waals surface area contributed by atoms with Crippen molar-refractivity contribution in [2.45, 2.75) is 48.5 Å². The third-order valence-electron chi connectivity index (χ3n) is 6.39. The molecule has 1 saturated heterocycles. The summed E-state index contributed by atoms with van der Waals surface area (Å²) in [5, 5.41) is 0. The molecule has 0 radical (unpaired) electrons. The average molecular weight is 541 g/mol. The first-order valence-corrected chi connectivity index (χ1v) is 14.0. The van der Waals surface area contributed by atoms with Crippen LogP contribution in [0.3, 0.4) is 0 Å². The van der Waals surface area contributed by atoms with E-state index < -0.39 is 23.7 Å². The van der Waals surface area contributed by atoms with E-state index in [-0.39, 0.29) is 19.0 Å². The Morgan fingerprint density at radius 2 is 1.05 bits per heavy atom. The Bertz CT molecular complexity index is 1270. The molecule has 39 heavy (non-hydrogen) atoms. The number of hydrogen-bond acceptors (Lipinski definition) is 6. The molecule has 0 amide bonds. The van der Waals surface area contributed by atoms with Crippen LogP contribution in [0.5, 0.6) is 0 Å². The molecule has 0 aliphatic carbocycles. The maximum absolute atomic E-state index is 14.0. The summed E-state index contributed by atoms with van der Waals surface area (Å²) in [5.74, 6) is -0.130. The predicted molar refractivity (Wildman–Crippen MR) is 152 cm³/mol. The molecular weight excluding hydrogens is 508 g/mol. The van der Waals surface area contributed by atoms with Crippen molar-refractivity contribution in [1.29, 1.82) is 0 Å². The minimum absolute atomic E-state index is 0.130. The van der Waals surface area contributed by atoms with Gasteiger partial charge in [0.05, 0.1) is 26.4 Å². The van der Waals surface area contributed by atoms with Crippen LogP contribution in [0.2, 0.25) is 0 Å². The highest BCUT2D eigenvalue weighted by Crippen LogP contribution is 2.35. The van der Waals surface area contributed by atoms with Gasteiger partial charge in [-0.1, -0.05) is 121 Å². The van der Waals surface area contributed by atoms with Gasteiger partial charge in [0.1, 0.15) is 17.6 Å². The predicted octanol–water partition coefficient (Wildman–Crippen LogP) is 6.46. The van der Waals surface area contributed by atoms with E-state index in [0.717, 1.165) is 21.6 Å². The summed E-state index contributed by atoms with van der Waals surface area (Å²) in [7, 11) is 0. The first-order valence-electron chi connectivity index (χ1n) is 13.1. The Balaban J connectivity index is 1.35. The molecule has 200 valence electrons. The molecular formula is C33H32O5S. The Morgan fingerprint density at radius 1 is 0.590 bits per heavy atom. The maximum Gasteiger partial charge on any atom is 0.196 e. The Morgan fingerprint density at radius 3 is 1.59 bits per heavy atom. The zero-order valence-electron chi connectivity index (χ0n) is 21.6. The van der Waals surface area contributed by atoms with Crippen LogP contribution in [0.1, 0.15) is 16.7 Å². The van der Waals surface area contributed by atoms with E-state index in [0.29, 0.717) is 13.2 Å². The fourth-order valence-electron chi connectivity index (χ4n) is 4.38. The van der Waals surface area contributed by atoms with Gasteiger partial charge in [0, 0.05) is 4.90 Å². The third kappa shape index (κ3) is 7.88. The number of rotatable bonds is 12. The van der Waals surface area contributed by atoms with E-state index in [1.807, 2.05) is 121 Å². The standard InChI is InChI=1S/C33H32O5S/c34-30-31(36-22-26-15-7-2-8-16-26)29(24-35-21-25-13-5-1-6-14-25)38-33(39-28-19-11-4-12-20-28)32(30)37-23-27-17-9-3-10-18-27/h1-20,29,31-33H,21-24H2/t29-,31+,32-,33+/m1/s1. The van der Waals surface area contributed by atoms with Gasteiger partial charge in [-0.05, 0) is 28.8 Å². The molecule has 0 aromatic heterocycles. The summed E-state index contributed by atoms with van der Waals surface area (Å²) in [6.45, 7) is 1.23. The number of ketones is 1. The summed E-state index contributed by atoms with van der Waals surface area (Å²) in [5.41, 5.74) is 2.48. The third-order valence-corrected chi connectivity index (χ3v) is 7.52. The van der Waals surface area contributed by atoms with Gasteiger partial charge >= 0.3 is 0 Å². The fourth-order valence-corrected chi connectivity index (χ4v) is 5.50. The van der Waals surface area contributed by atoms with Crippen molar-refractivity contribution in [3.05, 3.63) is 138 Å². The number of carbonyl (C=O) groups is 1. The first-order chi connectivity index (χ1) is 19.3. The van der Waals surface area contributed by atoms with E-state index in [2.05, 4.69) is 0 Å². The van der Waals surface area contributed by atoms with Gasteiger partial charge in [-0.3, -0.25) is 4.79 Å². The lowest BCUT2D eigenvalue weighted by Crippen LogP contribution is -2.57. The molecule has 0 spiro atoms. The summed E-state index contributed by atoms with van der Waals surface area (Å²) in [6, 6.07) is 39.5. The number of Topliss-reactive ketones (excluding diaryl/α,β-unsaturated/α-hetero) is 1. The van der Waals surface area contributed by atoms with E-state index >= 15 is 0 Å². The van der Waals surface area contributed by atoms with Crippen LogP contribution in [0.25, 0.3) is 0 Å². The van der Waals surface area contributed by atoms with Crippen LogP contribution in [0.15, 0.2) is 126 Å². The van der Waals surface area contributed by atoms with Gasteiger partial charge in [-0.15, -0.1) is 0 Å². The molecule has 4 aromatic rings. The van der Waals surface area contributed by atoms with Crippen molar-refractivity contribution in [1.82, 2.24) is 0 Å². The Kier molecular flexibility index (Phi) is 9.96. The molecule has 1 heterocycles. The highest BCUT2D eigenvalue weighted by molar-refractivity contribution is 7.99. The zero-order valence-corrected chi connectivity index (χ0v) is 22.5. The van der Waals surface area contributed by atoms with Crippen LogP contribution in [0, 0.1) is 0 Å². The Hall–Kier alpha value is -3.26. The van der Waals surface area contributed by atoms with E-state index in [1.165, 1.54) is 11.8 Å². The van der Waals surface area contributed by atoms with Gasteiger partial charge < -0.3 is 18.9 Å². The van der Waals surface area contributed by atoms with Gasteiger partial charge in [0.2, 0.25) is 0 Å². The summed E-state index contributed by atoms with van der Waals surface area (Å²) in [6.07, 6.45) is -2.21. The summed E-state index contributed by atoms with van der Waals surface area (Å²) >= 11 is 1.48. The molecule has 0 unspecified atom stereocenters. The molecule has 1 aliphatic rings. The second-order valence-electron chi connectivity index (χ2n) is 9.31. The fraction of sp³-hybridized carbons (Fsp3) is 0.242. The quantitative estimate of drug-likeness (QED) is 0.206. The van der Waals surface area contributed by atoms with Crippen molar-refractivity contribution in [3.8, 4) is 0 Å². The van der Waals surface area contributed by atoms with E-state index in [9.17, 15) is 4.79 Å².